The summed E-state index contributed by atoms with van der Waals surface area (Å²) in [6.07, 6.45) is -3.54. The summed E-state index contributed by atoms with van der Waals surface area (Å²) in [4.78, 5) is 36.2. The van der Waals surface area contributed by atoms with Gasteiger partial charge in [0.1, 0.15) is 10.6 Å². The Kier molecular flexibility index (Phi) is 7.17. The molecule has 3 rings (SSSR count). The number of rotatable bonds is 6. The monoisotopic (exact) mass is 562 g/mol. The first-order chi connectivity index (χ1) is 15.9. The minimum absolute atomic E-state index is 0.0394. The lowest BCUT2D eigenvalue weighted by atomic mass is 10.0. The Hall–Kier alpha value is -3.19. The number of carbonyl (C=O) groups excluding carboxylic acids is 1. The van der Waals surface area contributed by atoms with Crippen LogP contribution in [0.3, 0.4) is 0 Å². The van der Waals surface area contributed by atoms with Crippen LogP contribution in [0.1, 0.15) is 28.7 Å². The molecule has 3 aromatic rings. The van der Waals surface area contributed by atoms with Crippen LogP contribution in [0.25, 0.3) is 11.3 Å². The van der Waals surface area contributed by atoms with E-state index in [-0.39, 0.29) is 50.8 Å². The van der Waals surface area contributed by atoms with E-state index in [1.54, 1.807) is 6.92 Å². The highest BCUT2D eigenvalue weighted by molar-refractivity contribution is 9.10. The van der Waals surface area contributed by atoms with Gasteiger partial charge in [-0.05, 0) is 41.1 Å². The Bertz CT molecular complexity index is 1350. The zero-order valence-electron chi connectivity index (χ0n) is 17.5. The highest BCUT2D eigenvalue weighted by Gasteiger charge is 2.34. The van der Waals surface area contributed by atoms with E-state index in [0.717, 1.165) is 30.1 Å². The molecule has 2 heterocycles. The van der Waals surface area contributed by atoms with Crippen molar-refractivity contribution in [2.45, 2.75) is 26.2 Å². The van der Waals surface area contributed by atoms with Crippen molar-refractivity contribution in [2.24, 2.45) is 0 Å². The smallest absolute Gasteiger partial charge is 0.435 e. The van der Waals surface area contributed by atoms with E-state index in [1.807, 2.05) is 0 Å². The van der Waals surface area contributed by atoms with Gasteiger partial charge in [0.25, 0.3) is 5.69 Å². The van der Waals surface area contributed by atoms with Crippen LogP contribution in [-0.4, -0.2) is 32.3 Å². The Balaban J connectivity index is 2.31. The molecule has 0 saturated carbocycles. The molecular weight excluding hydrogens is 549 g/mol. The van der Waals surface area contributed by atoms with E-state index in [9.17, 15) is 32.9 Å². The third-order valence-corrected chi connectivity index (χ3v) is 6.00. The Morgan fingerprint density at radius 1 is 1.32 bits per heavy atom. The molecule has 0 N–H and O–H groups in total. The van der Waals surface area contributed by atoms with Crippen LogP contribution in [0.5, 0.6) is 0 Å². The molecule has 34 heavy (non-hydrogen) atoms. The number of carbonyl (C=O) groups is 1. The Morgan fingerprint density at radius 3 is 2.50 bits per heavy atom. The van der Waals surface area contributed by atoms with Crippen molar-refractivity contribution in [3.05, 3.63) is 77.2 Å². The number of hydrogen-bond acceptors (Lipinski definition) is 6. The first-order valence-corrected chi connectivity index (χ1v) is 10.7. The molecule has 0 bridgehead atoms. The molecule has 1 aromatic carbocycles. The summed E-state index contributed by atoms with van der Waals surface area (Å²) in [6, 6.07) is 4.45. The van der Waals surface area contributed by atoms with Crippen LogP contribution in [0.15, 0.2) is 39.7 Å². The van der Waals surface area contributed by atoms with E-state index in [1.165, 1.54) is 16.7 Å². The minimum Gasteiger partial charge on any atom is -0.465 e. The quantitative estimate of drug-likeness (QED) is 0.240. The lowest BCUT2D eigenvalue weighted by molar-refractivity contribution is -0.384. The number of ether oxygens (including phenoxy) is 1. The van der Waals surface area contributed by atoms with Crippen LogP contribution < -0.4 is 5.43 Å². The maximum absolute atomic E-state index is 13.2. The minimum atomic E-state index is -4.65. The first-order valence-electron chi connectivity index (χ1n) is 9.49. The maximum atomic E-state index is 13.2. The maximum Gasteiger partial charge on any atom is 0.435 e. The largest absolute Gasteiger partial charge is 0.465 e. The van der Waals surface area contributed by atoms with Crippen molar-refractivity contribution in [2.75, 3.05) is 7.11 Å². The molecule has 0 amide bonds. The van der Waals surface area contributed by atoms with E-state index < -0.39 is 28.2 Å². The number of alkyl halides is 3. The summed E-state index contributed by atoms with van der Waals surface area (Å²) in [5.74, 6) is -0.970. The average molecular weight is 564 g/mol. The number of methoxy groups -OCH3 is 1. The van der Waals surface area contributed by atoms with Crippen LogP contribution in [-0.2, 0) is 24.0 Å². The standard InChI is InChI=1S/C20H15BrClF3N4O5/c1-3-28-13(9-27-7-6-14(26-27)20(23,24)25)16(21)18(30)15(19(31)34-2)17(28)10-4-5-12(29(32)33)11(22)8-10/h4-8H,3,9H2,1-2H3. The number of nitro benzene ring substituents is 1. The second-order valence-corrected chi connectivity index (χ2v) is 8.07. The van der Waals surface area contributed by atoms with Crippen molar-refractivity contribution >= 4 is 39.2 Å². The molecule has 0 spiro atoms. The van der Waals surface area contributed by atoms with Gasteiger partial charge in [0, 0.05) is 24.4 Å². The third kappa shape index (κ3) is 4.71. The van der Waals surface area contributed by atoms with E-state index in [4.69, 9.17) is 16.3 Å². The number of nitrogens with zero attached hydrogens (tertiary/aromatic N) is 4. The topological polar surface area (TPSA) is 109 Å². The van der Waals surface area contributed by atoms with Crippen molar-refractivity contribution in [1.29, 1.82) is 0 Å². The highest BCUT2D eigenvalue weighted by atomic mass is 79.9. The van der Waals surface area contributed by atoms with Gasteiger partial charge in [0.2, 0.25) is 5.43 Å². The summed E-state index contributed by atoms with van der Waals surface area (Å²) in [7, 11) is 1.08. The molecule has 0 aliphatic rings. The fraction of sp³-hybridized carbons (Fsp3) is 0.250. The van der Waals surface area contributed by atoms with Crippen LogP contribution >= 0.6 is 27.5 Å². The van der Waals surface area contributed by atoms with Gasteiger partial charge in [0.15, 0.2) is 5.69 Å². The molecule has 0 saturated heterocycles. The van der Waals surface area contributed by atoms with Gasteiger partial charge in [-0.15, -0.1) is 0 Å². The summed E-state index contributed by atoms with van der Waals surface area (Å²) in [6.45, 7) is 1.59. The molecule has 2 aromatic heterocycles. The van der Waals surface area contributed by atoms with Crippen molar-refractivity contribution in [3.63, 3.8) is 0 Å². The third-order valence-electron chi connectivity index (χ3n) is 4.88. The van der Waals surface area contributed by atoms with Gasteiger partial charge >= 0.3 is 12.1 Å². The Morgan fingerprint density at radius 2 is 2.00 bits per heavy atom. The number of nitro groups is 1. The number of pyridine rings is 1. The second kappa shape index (κ2) is 9.58. The van der Waals surface area contributed by atoms with Gasteiger partial charge < -0.3 is 9.30 Å². The molecule has 0 aliphatic carbocycles. The molecule has 0 unspecified atom stereocenters. The fourth-order valence-electron chi connectivity index (χ4n) is 3.39. The molecule has 9 nitrogen and oxygen atoms in total. The van der Waals surface area contributed by atoms with Gasteiger partial charge in [-0.2, -0.15) is 18.3 Å². The van der Waals surface area contributed by atoms with Gasteiger partial charge in [-0.1, -0.05) is 11.6 Å². The average Bonchev–Trinajstić information content (AvgIpc) is 3.25. The highest BCUT2D eigenvalue weighted by Crippen LogP contribution is 2.34. The number of benzene rings is 1. The van der Waals surface area contributed by atoms with Crippen molar-refractivity contribution in [3.8, 4) is 11.3 Å². The zero-order chi connectivity index (χ0) is 25.4. The van der Waals surface area contributed by atoms with E-state index >= 15 is 0 Å². The number of halogens is 5. The van der Waals surface area contributed by atoms with Crippen LogP contribution in [0.2, 0.25) is 5.02 Å². The number of aromatic nitrogens is 3. The predicted molar refractivity (Wildman–Crippen MR) is 119 cm³/mol. The van der Waals surface area contributed by atoms with Gasteiger partial charge in [-0.3, -0.25) is 19.6 Å². The molecule has 180 valence electrons. The molecule has 0 aliphatic heterocycles. The molecule has 14 heteroatoms. The fourth-order valence-corrected chi connectivity index (χ4v) is 4.18. The first kappa shape index (κ1) is 25.4. The molecule has 0 atom stereocenters. The lowest BCUT2D eigenvalue weighted by Crippen LogP contribution is -2.27. The summed E-state index contributed by atoms with van der Waals surface area (Å²) in [5.41, 5.74) is -2.20. The number of hydrogen-bond donors (Lipinski definition) is 0. The summed E-state index contributed by atoms with van der Waals surface area (Å²) in [5, 5.41) is 14.4. The van der Waals surface area contributed by atoms with Gasteiger partial charge in [0.05, 0.1) is 34.4 Å². The summed E-state index contributed by atoms with van der Waals surface area (Å²) >= 11 is 9.20. The Labute approximate surface area is 203 Å². The summed E-state index contributed by atoms with van der Waals surface area (Å²) < 4.78 is 46.1. The SMILES string of the molecule is CCn1c(Cn2ccc(C(F)(F)F)n2)c(Br)c(=O)c(C(=O)OC)c1-c1ccc([N+](=O)[O-])c(Cl)c1. The van der Waals surface area contributed by atoms with Crippen molar-refractivity contribution < 1.29 is 27.6 Å². The van der Waals surface area contributed by atoms with Gasteiger partial charge in [-0.25, -0.2) is 4.79 Å². The molecule has 0 radical (unpaired) electrons. The molecular formula is C20H15BrClF3N4O5. The van der Waals surface area contributed by atoms with Crippen LogP contribution in [0, 0.1) is 10.1 Å². The van der Waals surface area contributed by atoms with Crippen LogP contribution in [0.4, 0.5) is 18.9 Å². The lowest BCUT2D eigenvalue weighted by Gasteiger charge is -2.22. The predicted octanol–water partition coefficient (Wildman–Crippen LogP) is 4.91. The zero-order valence-corrected chi connectivity index (χ0v) is 19.9. The van der Waals surface area contributed by atoms with E-state index in [2.05, 4.69) is 21.0 Å². The second-order valence-electron chi connectivity index (χ2n) is 6.87. The molecule has 0 fully saturated rings. The van der Waals surface area contributed by atoms with Crippen molar-refractivity contribution in [1.82, 2.24) is 14.3 Å². The normalized spacial score (nSPS) is 11.5. The number of esters is 1. The van der Waals surface area contributed by atoms with E-state index in [0.29, 0.717) is 0 Å².